The van der Waals surface area contributed by atoms with Crippen LogP contribution in [-0.4, -0.2) is 26.4 Å². The summed E-state index contributed by atoms with van der Waals surface area (Å²) < 4.78 is 2.06. The number of thioether (sulfide) groups is 1. The van der Waals surface area contributed by atoms with E-state index < -0.39 is 0 Å². The van der Waals surface area contributed by atoms with Gasteiger partial charge in [0, 0.05) is 27.2 Å². The van der Waals surface area contributed by atoms with Crippen LogP contribution in [-0.2, 0) is 37.0 Å². The van der Waals surface area contributed by atoms with Crippen molar-refractivity contribution in [3.63, 3.8) is 0 Å². The van der Waals surface area contributed by atoms with Gasteiger partial charge in [0.05, 0.1) is 11.3 Å². The van der Waals surface area contributed by atoms with Crippen molar-refractivity contribution in [2.75, 3.05) is 11.1 Å². The molecular weight excluding hydrogens is 507 g/mol. The molecule has 5 rings (SSSR count). The Morgan fingerprint density at radius 2 is 2.08 bits per heavy atom. The smallest absolute Gasteiger partial charge is 0.235 e. The van der Waals surface area contributed by atoms with Crippen LogP contribution in [0.15, 0.2) is 23.2 Å². The molecule has 0 spiro atoms. The second-order valence-corrected chi connectivity index (χ2v) is 12.7. The summed E-state index contributed by atoms with van der Waals surface area (Å²) in [5, 5.41) is 25.4. The zero-order valence-corrected chi connectivity index (χ0v) is 23.1. The number of hydrogen-bond acceptors (Lipinski definition) is 7. The largest absolute Gasteiger partial charge is 0.316 e. The van der Waals surface area contributed by atoms with E-state index in [0.29, 0.717) is 22.3 Å². The number of nitriles is 1. The van der Waals surface area contributed by atoms with Gasteiger partial charge in [-0.1, -0.05) is 37.6 Å². The monoisotopic (exact) mass is 537 g/mol. The van der Waals surface area contributed by atoms with Gasteiger partial charge in [0.2, 0.25) is 5.91 Å². The van der Waals surface area contributed by atoms with Crippen molar-refractivity contribution in [3.05, 3.63) is 44.5 Å². The van der Waals surface area contributed by atoms with Crippen molar-refractivity contribution in [1.29, 1.82) is 5.26 Å². The van der Waals surface area contributed by atoms with Crippen LogP contribution in [0.2, 0.25) is 0 Å². The zero-order chi connectivity index (χ0) is 25.1. The van der Waals surface area contributed by atoms with Gasteiger partial charge in [-0.05, 0) is 62.0 Å². The van der Waals surface area contributed by atoms with E-state index in [2.05, 4.69) is 45.0 Å². The number of nitrogens with one attached hydrogen (secondary N) is 1. The summed E-state index contributed by atoms with van der Waals surface area (Å²) in [5.74, 6) is 1.67. The maximum Gasteiger partial charge on any atom is 0.235 e. The highest BCUT2D eigenvalue weighted by Crippen LogP contribution is 2.39. The molecule has 1 N–H and O–H groups in total. The Hall–Kier alpha value is -2.41. The van der Waals surface area contributed by atoms with Crippen LogP contribution in [0.3, 0.4) is 0 Å². The fourth-order valence-electron chi connectivity index (χ4n) is 5.17. The number of rotatable bonds is 7. The molecule has 3 heterocycles. The van der Waals surface area contributed by atoms with Crippen molar-refractivity contribution in [1.82, 2.24) is 14.8 Å². The molecule has 0 fully saturated rings. The summed E-state index contributed by atoms with van der Waals surface area (Å²) in [4.78, 5) is 15.6. The summed E-state index contributed by atoms with van der Waals surface area (Å²) in [5.41, 5.74) is 4.38. The minimum absolute atomic E-state index is 0.123. The number of allylic oxidation sites excluding steroid dienone is 1. The van der Waals surface area contributed by atoms with Crippen molar-refractivity contribution in [2.24, 2.45) is 5.92 Å². The first-order valence-electron chi connectivity index (χ1n) is 12.7. The lowest BCUT2D eigenvalue weighted by Gasteiger charge is -2.19. The molecule has 36 heavy (non-hydrogen) atoms. The number of aromatic nitrogens is 3. The predicted octanol–water partition coefficient (Wildman–Crippen LogP) is 6.64. The Morgan fingerprint density at radius 3 is 2.89 bits per heavy atom. The Morgan fingerprint density at radius 1 is 1.25 bits per heavy atom. The molecule has 188 valence electrons. The summed E-state index contributed by atoms with van der Waals surface area (Å²) in [6.07, 6.45) is 11.9. The van der Waals surface area contributed by atoms with E-state index in [9.17, 15) is 10.1 Å². The minimum atomic E-state index is -0.123. The lowest BCUT2D eigenvalue weighted by atomic mass is 9.88. The van der Waals surface area contributed by atoms with Crippen LogP contribution < -0.4 is 5.32 Å². The van der Waals surface area contributed by atoms with Crippen molar-refractivity contribution < 1.29 is 4.79 Å². The predicted molar refractivity (Wildman–Crippen MR) is 149 cm³/mol. The van der Waals surface area contributed by atoms with Crippen LogP contribution in [0.4, 0.5) is 5.00 Å². The normalized spacial score (nSPS) is 17.4. The Bertz CT molecular complexity index is 1310. The molecule has 1 unspecified atom stereocenters. The Labute approximate surface area is 224 Å². The summed E-state index contributed by atoms with van der Waals surface area (Å²) >= 11 is 4.78. The third kappa shape index (κ3) is 5.17. The van der Waals surface area contributed by atoms with Gasteiger partial charge in [-0.3, -0.25) is 9.36 Å². The van der Waals surface area contributed by atoms with E-state index in [4.69, 9.17) is 0 Å². The summed E-state index contributed by atoms with van der Waals surface area (Å²) in [6.45, 7) is 6.82. The average Bonchev–Trinajstić information content (AvgIpc) is 3.53. The Balaban J connectivity index is 1.31. The molecule has 0 aliphatic heterocycles. The van der Waals surface area contributed by atoms with Crippen LogP contribution in [0.5, 0.6) is 0 Å². The highest BCUT2D eigenvalue weighted by molar-refractivity contribution is 7.99. The second kappa shape index (κ2) is 11.3. The van der Waals surface area contributed by atoms with E-state index in [1.165, 1.54) is 51.9 Å². The molecule has 1 amide bonds. The SMILES string of the molecule is C=CCn1c(SCC(=O)Nc2sc3c(c2C#N)CCCCCC3)nnc1-c1csc2c1CCC(C)C2. The molecule has 3 aromatic heterocycles. The van der Waals surface area contributed by atoms with Gasteiger partial charge in [-0.25, -0.2) is 0 Å². The van der Waals surface area contributed by atoms with E-state index in [0.717, 1.165) is 55.8 Å². The Kier molecular flexibility index (Phi) is 7.94. The molecular formula is C27H31N5OS3. The van der Waals surface area contributed by atoms with Gasteiger partial charge >= 0.3 is 0 Å². The lowest BCUT2D eigenvalue weighted by molar-refractivity contribution is -0.113. The number of fused-ring (bicyclic) bond motifs is 2. The first-order chi connectivity index (χ1) is 17.6. The first-order valence-corrected chi connectivity index (χ1v) is 15.4. The highest BCUT2D eigenvalue weighted by Gasteiger charge is 2.25. The van der Waals surface area contributed by atoms with E-state index in [1.807, 2.05) is 17.4 Å². The number of carbonyl (C=O) groups is 1. The van der Waals surface area contributed by atoms with Gasteiger partial charge in [-0.15, -0.1) is 39.4 Å². The quantitative estimate of drug-likeness (QED) is 0.270. The molecule has 0 radical (unpaired) electrons. The number of amides is 1. The fourth-order valence-corrected chi connectivity index (χ4v) is 8.42. The molecule has 2 aliphatic carbocycles. The van der Waals surface area contributed by atoms with Gasteiger partial charge in [0.15, 0.2) is 11.0 Å². The number of aryl methyl sites for hydroxylation is 1. The van der Waals surface area contributed by atoms with Crippen LogP contribution >= 0.6 is 34.4 Å². The fraction of sp³-hybridized carbons (Fsp3) is 0.481. The van der Waals surface area contributed by atoms with Crippen LogP contribution in [0.25, 0.3) is 11.4 Å². The molecule has 1 atom stereocenters. The minimum Gasteiger partial charge on any atom is -0.316 e. The highest BCUT2D eigenvalue weighted by atomic mass is 32.2. The summed E-state index contributed by atoms with van der Waals surface area (Å²) in [6, 6.07) is 2.36. The van der Waals surface area contributed by atoms with Gasteiger partial charge in [-0.2, -0.15) is 5.26 Å². The topological polar surface area (TPSA) is 83.6 Å². The standard InChI is InChI=1S/C27H31N5OS3/c1-3-12-32-25(21-15-34-23-13-17(2)10-11-19(21)23)30-31-27(32)35-16-24(33)29-26-20(14-28)18-8-6-4-5-7-9-22(18)36-26/h3,15,17H,1,4-13,16H2,2H3,(H,29,33). The molecule has 0 saturated heterocycles. The van der Waals surface area contributed by atoms with Gasteiger partial charge < -0.3 is 5.32 Å². The van der Waals surface area contributed by atoms with Crippen LogP contribution in [0, 0.1) is 17.2 Å². The molecule has 0 aromatic carbocycles. The summed E-state index contributed by atoms with van der Waals surface area (Å²) in [7, 11) is 0. The van der Waals surface area contributed by atoms with Crippen molar-refractivity contribution >= 4 is 45.3 Å². The van der Waals surface area contributed by atoms with E-state index in [-0.39, 0.29) is 11.7 Å². The van der Waals surface area contributed by atoms with Gasteiger partial charge in [0.1, 0.15) is 11.1 Å². The van der Waals surface area contributed by atoms with E-state index in [1.54, 1.807) is 11.3 Å². The van der Waals surface area contributed by atoms with Crippen LogP contribution in [0.1, 0.15) is 65.5 Å². The third-order valence-electron chi connectivity index (χ3n) is 7.04. The maximum atomic E-state index is 12.9. The first kappa shape index (κ1) is 25.2. The number of carbonyl (C=O) groups excluding carboxylic acids is 1. The molecule has 2 aliphatic rings. The average molecular weight is 538 g/mol. The number of nitrogens with zero attached hydrogens (tertiary/aromatic N) is 4. The zero-order valence-electron chi connectivity index (χ0n) is 20.6. The number of anilines is 1. The molecule has 0 saturated carbocycles. The van der Waals surface area contributed by atoms with Crippen molar-refractivity contribution in [2.45, 2.75) is 76.4 Å². The molecule has 9 heteroatoms. The van der Waals surface area contributed by atoms with Gasteiger partial charge in [0.25, 0.3) is 0 Å². The number of thiophene rings is 2. The lowest BCUT2D eigenvalue weighted by Crippen LogP contribution is -2.14. The van der Waals surface area contributed by atoms with Crippen molar-refractivity contribution in [3.8, 4) is 17.5 Å². The molecule has 3 aromatic rings. The maximum absolute atomic E-state index is 12.9. The van der Waals surface area contributed by atoms with E-state index >= 15 is 0 Å². The number of hydrogen-bond donors (Lipinski definition) is 1. The third-order valence-corrected chi connectivity index (χ3v) is 10.3. The molecule has 0 bridgehead atoms. The second-order valence-electron chi connectivity index (χ2n) is 9.68. The molecule has 6 nitrogen and oxygen atoms in total.